The largest absolute Gasteiger partial charge is 0.497 e. The molecule has 0 spiro atoms. The number of rotatable bonds is 5. The molecule has 0 saturated heterocycles. The summed E-state index contributed by atoms with van der Waals surface area (Å²) >= 11 is 5.34. The van der Waals surface area contributed by atoms with Gasteiger partial charge in [-0.1, -0.05) is 30.4 Å². The van der Waals surface area contributed by atoms with Gasteiger partial charge in [0.05, 0.1) is 18.8 Å². The Morgan fingerprint density at radius 2 is 2.03 bits per heavy atom. The number of fused-ring (bicyclic) bond motifs is 1. The Balaban J connectivity index is 1.89. The molecule has 3 rings (SSSR count). The lowest BCUT2D eigenvalue weighted by molar-refractivity contribution is 0.0503. The topological polar surface area (TPSA) is 68.8 Å². The van der Waals surface area contributed by atoms with Crippen LogP contribution in [0.2, 0.25) is 0 Å². The van der Waals surface area contributed by atoms with E-state index >= 15 is 0 Å². The molecule has 6 nitrogen and oxygen atoms in total. The highest BCUT2D eigenvalue weighted by Gasteiger charge is 2.25. The summed E-state index contributed by atoms with van der Waals surface area (Å²) in [6, 6.07) is 13.3. The summed E-state index contributed by atoms with van der Waals surface area (Å²) in [4.78, 5) is 13.1. The van der Waals surface area contributed by atoms with Gasteiger partial charge < -0.3 is 24.8 Å². The summed E-state index contributed by atoms with van der Waals surface area (Å²) in [6.45, 7) is 7.42. The van der Waals surface area contributed by atoms with Crippen LogP contribution in [0.25, 0.3) is 0 Å². The zero-order valence-corrected chi connectivity index (χ0v) is 18.8. The quantitative estimate of drug-likeness (QED) is 0.652. The molecule has 0 fully saturated rings. The highest BCUT2D eigenvalue weighted by molar-refractivity contribution is 7.80. The van der Waals surface area contributed by atoms with E-state index < -0.39 is 11.7 Å². The molecule has 0 saturated carbocycles. The van der Waals surface area contributed by atoms with E-state index in [-0.39, 0.29) is 12.1 Å². The van der Waals surface area contributed by atoms with Gasteiger partial charge in [-0.05, 0) is 69.5 Å². The van der Waals surface area contributed by atoms with Crippen LogP contribution in [0.1, 0.15) is 44.9 Å². The number of methoxy groups -OCH3 is 1. The van der Waals surface area contributed by atoms with Gasteiger partial charge in [-0.2, -0.15) is 0 Å². The summed E-state index contributed by atoms with van der Waals surface area (Å²) in [7, 11) is 1.63. The Morgan fingerprint density at radius 3 is 2.73 bits per heavy atom. The number of nitrogens with one attached hydrogen (secondary N) is 2. The molecule has 160 valence electrons. The van der Waals surface area contributed by atoms with Crippen LogP contribution >= 0.6 is 12.2 Å². The maximum Gasteiger partial charge on any atom is 0.408 e. The van der Waals surface area contributed by atoms with E-state index in [1.165, 1.54) is 0 Å². The fourth-order valence-electron chi connectivity index (χ4n) is 3.18. The molecule has 0 aromatic heterocycles. The van der Waals surface area contributed by atoms with Gasteiger partial charge in [-0.15, -0.1) is 0 Å². The average molecular weight is 429 g/mol. The van der Waals surface area contributed by atoms with E-state index in [1.54, 1.807) is 7.11 Å². The molecule has 1 amide bonds. The molecule has 30 heavy (non-hydrogen) atoms. The van der Waals surface area contributed by atoms with Crippen molar-refractivity contribution in [1.82, 2.24) is 5.32 Å². The van der Waals surface area contributed by atoms with Gasteiger partial charge in [0.2, 0.25) is 0 Å². The Bertz CT molecular complexity index is 939. The first-order valence-electron chi connectivity index (χ1n) is 9.88. The van der Waals surface area contributed by atoms with Crippen LogP contribution in [0.3, 0.4) is 0 Å². The van der Waals surface area contributed by atoms with Gasteiger partial charge in [0.15, 0.2) is 0 Å². The van der Waals surface area contributed by atoms with Crippen molar-refractivity contribution >= 4 is 29.0 Å². The second kappa shape index (κ2) is 8.92. The molecule has 1 heterocycles. The third kappa shape index (κ3) is 5.63. The summed E-state index contributed by atoms with van der Waals surface area (Å²) in [5.41, 5.74) is 2.15. The Hall–Kier alpha value is -2.80. The average Bonchev–Trinajstić information content (AvgIpc) is 2.67. The van der Waals surface area contributed by atoms with Gasteiger partial charge in [0, 0.05) is 0 Å². The minimum atomic E-state index is -0.585. The van der Waals surface area contributed by atoms with E-state index in [0.717, 1.165) is 28.3 Å². The summed E-state index contributed by atoms with van der Waals surface area (Å²) < 4.78 is 16.7. The van der Waals surface area contributed by atoms with Crippen molar-refractivity contribution in [3.05, 3.63) is 53.6 Å². The first-order chi connectivity index (χ1) is 14.1. The molecule has 2 unspecified atom stereocenters. The molecular formula is C23H28N2O4S. The number of hydrogen-bond acceptors (Lipinski definition) is 5. The lowest BCUT2D eigenvalue weighted by Crippen LogP contribution is -2.36. The molecule has 1 aliphatic heterocycles. The monoisotopic (exact) mass is 428 g/mol. The van der Waals surface area contributed by atoms with Crippen molar-refractivity contribution in [1.29, 1.82) is 0 Å². The lowest BCUT2D eigenvalue weighted by atomic mass is 9.97. The Kier molecular flexibility index (Phi) is 6.51. The summed E-state index contributed by atoms with van der Waals surface area (Å²) in [6.07, 6.45) is -0.0796. The standard InChI is InChI=1S/C23H28N2O4S/c1-14-21(30)24-19-13-16(9-10-20(19)28-14)18(25-22(26)29-23(2,3)4)12-15-7-6-8-17(11-15)27-5/h6-11,13-14,18H,12H2,1-5H3,(H,24,30)(H,25,26). The molecule has 1 aliphatic rings. The number of amides is 1. The lowest BCUT2D eigenvalue weighted by Gasteiger charge is -2.28. The fourth-order valence-corrected chi connectivity index (χ4v) is 3.34. The van der Waals surface area contributed by atoms with Crippen LogP contribution < -0.4 is 20.1 Å². The van der Waals surface area contributed by atoms with E-state index in [9.17, 15) is 4.79 Å². The van der Waals surface area contributed by atoms with Crippen LogP contribution in [0.15, 0.2) is 42.5 Å². The van der Waals surface area contributed by atoms with Gasteiger partial charge in [0.1, 0.15) is 28.2 Å². The highest BCUT2D eigenvalue weighted by atomic mass is 32.1. The predicted molar refractivity (Wildman–Crippen MR) is 122 cm³/mol. The molecule has 7 heteroatoms. The van der Waals surface area contributed by atoms with Crippen LogP contribution in [0.5, 0.6) is 11.5 Å². The van der Waals surface area contributed by atoms with Gasteiger partial charge in [0.25, 0.3) is 0 Å². The fraction of sp³-hybridized carbons (Fsp3) is 0.391. The van der Waals surface area contributed by atoms with Crippen LogP contribution in [0.4, 0.5) is 10.5 Å². The van der Waals surface area contributed by atoms with Crippen molar-refractivity contribution in [2.24, 2.45) is 0 Å². The van der Waals surface area contributed by atoms with Crippen LogP contribution in [-0.4, -0.2) is 29.9 Å². The van der Waals surface area contributed by atoms with Crippen molar-refractivity contribution in [2.45, 2.75) is 51.9 Å². The minimum absolute atomic E-state index is 0.175. The maximum absolute atomic E-state index is 12.5. The smallest absolute Gasteiger partial charge is 0.408 e. The third-order valence-corrected chi connectivity index (χ3v) is 5.04. The van der Waals surface area contributed by atoms with E-state index in [4.69, 9.17) is 26.4 Å². The number of hydrogen-bond donors (Lipinski definition) is 2. The number of carbonyl (C=O) groups is 1. The van der Waals surface area contributed by atoms with Gasteiger partial charge in [-0.25, -0.2) is 4.79 Å². The Morgan fingerprint density at radius 1 is 1.27 bits per heavy atom. The van der Waals surface area contributed by atoms with Crippen molar-refractivity contribution in [3.63, 3.8) is 0 Å². The number of alkyl carbamates (subject to hydrolysis) is 1. The molecule has 0 aliphatic carbocycles. The predicted octanol–water partition coefficient (Wildman–Crippen LogP) is 5.02. The molecule has 2 aromatic rings. The number of anilines is 1. The molecule has 0 radical (unpaired) electrons. The Labute approximate surface area is 182 Å². The van der Waals surface area contributed by atoms with E-state index in [1.807, 2.05) is 70.2 Å². The second-order valence-corrected chi connectivity index (χ2v) is 8.70. The van der Waals surface area contributed by atoms with E-state index in [2.05, 4.69) is 10.6 Å². The number of ether oxygens (including phenoxy) is 3. The number of carbonyl (C=O) groups excluding carboxylic acids is 1. The van der Waals surface area contributed by atoms with Crippen molar-refractivity contribution in [3.8, 4) is 11.5 Å². The van der Waals surface area contributed by atoms with Gasteiger partial charge in [-0.3, -0.25) is 0 Å². The van der Waals surface area contributed by atoms with Crippen LogP contribution in [-0.2, 0) is 11.2 Å². The first-order valence-corrected chi connectivity index (χ1v) is 10.3. The normalized spacial score (nSPS) is 16.6. The van der Waals surface area contributed by atoms with E-state index in [0.29, 0.717) is 11.4 Å². The summed E-state index contributed by atoms with van der Waals surface area (Å²) in [5.74, 6) is 1.50. The number of benzene rings is 2. The van der Waals surface area contributed by atoms with Crippen molar-refractivity contribution in [2.75, 3.05) is 12.4 Å². The minimum Gasteiger partial charge on any atom is -0.497 e. The molecule has 2 aromatic carbocycles. The molecular weight excluding hydrogens is 400 g/mol. The highest BCUT2D eigenvalue weighted by Crippen LogP contribution is 2.33. The van der Waals surface area contributed by atoms with Crippen LogP contribution in [0, 0.1) is 0 Å². The van der Waals surface area contributed by atoms with Crippen molar-refractivity contribution < 1.29 is 19.0 Å². The molecule has 2 N–H and O–H groups in total. The zero-order valence-electron chi connectivity index (χ0n) is 17.9. The van der Waals surface area contributed by atoms with Gasteiger partial charge >= 0.3 is 6.09 Å². The zero-order chi connectivity index (χ0) is 21.9. The maximum atomic E-state index is 12.5. The molecule has 0 bridgehead atoms. The second-order valence-electron chi connectivity index (χ2n) is 8.26. The first kappa shape index (κ1) is 21.9. The molecule has 2 atom stereocenters. The number of thiocarbonyl (C=S) groups is 1. The third-order valence-electron chi connectivity index (χ3n) is 4.60. The summed E-state index contributed by atoms with van der Waals surface area (Å²) in [5, 5.41) is 6.22. The SMILES string of the molecule is COc1cccc(CC(NC(=O)OC(C)(C)C)c2ccc3c(c2)NC(=S)C(C)O3)c1.